The Hall–Kier alpha value is -1.88. The van der Waals surface area contributed by atoms with Crippen molar-refractivity contribution in [2.24, 2.45) is 5.92 Å². The van der Waals surface area contributed by atoms with Crippen LogP contribution in [0.15, 0.2) is 28.7 Å². The summed E-state index contributed by atoms with van der Waals surface area (Å²) in [7, 11) is 0. The lowest BCUT2D eigenvalue weighted by atomic mass is 9.86. The Balaban J connectivity index is 1.68. The number of fused-ring (bicyclic) bond motifs is 1. The van der Waals surface area contributed by atoms with E-state index in [1.807, 2.05) is 0 Å². The molecule has 1 aliphatic rings. The third-order valence-corrected chi connectivity index (χ3v) is 4.16. The molecule has 0 spiro atoms. The van der Waals surface area contributed by atoms with Gasteiger partial charge in [0.15, 0.2) is 17.2 Å². The third-order valence-electron chi connectivity index (χ3n) is 4.16. The van der Waals surface area contributed by atoms with E-state index < -0.39 is 5.82 Å². The number of hydrogen-bond donors (Lipinski definition) is 2. The van der Waals surface area contributed by atoms with E-state index in [0.29, 0.717) is 11.3 Å². The first-order valence-electron chi connectivity index (χ1n) is 7.27. The number of rotatable bonds is 3. The second-order valence-electron chi connectivity index (χ2n) is 5.64. The lowest BCUT2D eigenvalue weighted by Crippen LogP contribution is -2.37. The van der Waals surface area contributed by atoms with E-state index in [4.69, 9.17) is 9.52 Å². The molecule has 0 aliphatic heterocycles. The minimum Gasteiger partial charge on any atom is -0.448 e. The van der Waals surface area contributed by atoms with Gasteiger partial charge in [-0.15, -0.1) is 0 Å². The van der Waals surface area contributed by atoms with Gasteiger partial charge >= 0.3 is 0 Å². The van der Waals surface area contributed by atoms with Gasteiger partial charge in [0, 0.05) is 18.0 Å². The summed E-state index contributed by atoms with van der Waals surface area (Å²) in [6, 6.07) is 6.27. The predicted octanol–water partition coefficient (Wildman–Crippen LogP) is 2.85. The van der Waals surface area contributed by atoms with Crippen LogP contribution in [0.25, 0.3) is 11.0 Å². The molecule has 4 nitrogen and oxygen atoms in total. The number of halogens is 1. The number of amides is 1. The van der Waals surface area contributed by atoms with Crippen molar-refractivity contribution in [2.75, 3.05) is 6.61 Å². The number of nitrogens with one attached hydrogen (secondary N) is 1. The quantitative estimate of drug-likeness (QED) is 0.914. The van der Waals surface area contributed by atoms with Crippen molar-refractivity contribution in [3.63, 3.8) is 0 Å². The van der Waals surface area contributed by atoms with Gasteiger partial charge < -0.3 is 14.8 Å². The van der Waals surface area contributed by atoms with Gasteiger partial charge in [-0.1, -0.05) is 12.1 Å². The molecule has 0 radical (unpaired) electrons. The number of hydrogen-bond acceptors (Lipinski definition) is 3. The van der Waals surface area contributed by atoms with E-state index in [2.05, 4.69) is 5.32 Å². The SMILES string of the molecule is O=C(NC1CCC(CO)CC1)c1cc2cccc(F)c2o1. The second-order valence-corrected chi connectivity index (χ2v) is 5.64. The van der Waals surface area contributed by atoms with Gasteiger partial charge in [0.05, 0.1) is 0 Å². The topological polar surface area (TPSA) is 62.5 Å². The molecule has 1 fully saturated rings. The smallest absolute Gasteiger partial charge is 0.287 e. The zero-order valence-corrected chi connectivity index (χ0v) is 11.6. The fourth-order valence-corrected chi connectivity index (χ4v) is 2.89. The fourth-order valence-electron chi connectivity index (χ4n) is 2.89. The summed E-state index contributed by atoms with van der Waals surface area (Å²) in [5.74, 6) is -0.286. The van der Waals surface area contributed by atoms with E-state index in [-0.39, 0.29) is 29.9 Å². The maximum atomic E-state index is 13.6. The lowest BCUT2D eigenvalue weighted by Gasteiger charge is -2.27. The summed E-state index contributed by atoms with van der Waals surface area (Å²) >= 11 is 0. The van der Waals surface area contributed by atoms with Gasteiger partial charge in [-0.3, -0.25) is 4.79 Å². The van der Waals surface area contributed by atoms with Gasteiger partial charge in [-0.2, -0.15) is 0 Å². The van der Waals surface area contributed by atoms with Crippen molar-refractivity contribution in [1.82, 2.24) is 5.32 Å². The fraction of sp³-hybridized carbons (Fsp3) is 0.438. The van der Waals surface area contributed by atoms with Crippen molar-refractivity contribution >= 4 is 16.9 Å². The minimum absolute atomic E-state index is 0.0957. The Bertz CT molecular complexity index is 644. The number of benzene rings is 1. The zero-order chi connectivity index (χ0) is 14.8. The third kappa shape index (κ3) is 2.93. The Morgan fingerprint density at radius 2 is 2.10 bits per heavy atom. The number of furan rings is 1. The van der Waals surface area contributed by atoms with Crippen molar-refractivity contribution < 1.29 is 18.7 Å². The first kappa shape index (κ1) is 14.1. The monoisotopic (exact) mass is 291 g/mol. The van der Waals surface area contributed by atoms with Crippen molar-refractivity contribution in [3.05, 3.63) is 35.8 Å². The molecule has 0 unspecified atom stereocenters. The number of carbonyl (C=O) groups excluding carboxylic acids is 1. The number of aliphatic hydroxyl groups excluding tert-OH is 1. The first-order valence-corrected chi connectivity index (χ1v) is 7.27. The first-order chi connectivity index (χ1) is 10.2. The molecule has 1 aromatic carbocycles. The van der Waals surface area contributed by atoms with Crippen LogP contribution in [0.3, 0.4) is 0 Å². The molecule has 0 bridgehead atoms. The van der Waals surface area contributed by atoms with Gasteiger partial charge in [0.1, 0.15) is 0 Å². The van der Waals surface area contributed by atoms with E-state index in [0.717, 1.165) is 25.7 Å². The van der Waals surface area contributed by atoms with E-state index in [1.165, 1.54) is 6.07 Å². The van der Waals surface area contributed by atoms with Crippen LogP contribution in [0.2, 0.25) is 0 Å². The molecule has 1 aliphatic carbocycles. The number of aliphatic hydroxyl groups is 1. The van der Waals surface area contributed by atoms with Crippen LogP contribution in [0, 0.1) is 11.7 Å². The molecule has 1 saturated carbocycles. The second kappa shape index (κ2) is 5.85. The van der Waals surface area contributed by atoms with E-state index in [1.54, 1.807) is 18.2 Å². The normalized spacial score (nSPS) is 22.4. The molecule has 2 aromatic rings. The summed E-state index contributed by atoms with van der Waals surface area (Å²) < 4.78 is 18.9. The molecule has 21 heavy (non-hydrogen) atoms. The van der Waals surface area contributed by atoms with Crippen molar-refractivity contribution in [3.8, 4) is 0 Å². The van der Waals surface area contributed by atoms with Gasteiger partial charge in [-0.05, 0) is 43.7 Å². The lowest BCUT2D eigenvalue weighted by molar-refractivity contribution is 0.0888. The molecule has 3 rings (SSSR count). The standard InChI is InChI=1S/C16H18FNO3/c17-13-3-1-2-11-8-14(21-15(11)13)16(20)18-12-6-4-10(9-19)5-7-12/h1-3,8,10,12,19H,4-7,9H2,(H,18,20). The number of para-hydroxylation sites is 1. The highest BCUT2D eigenvalue weighted by atomic mass is 19.1. The van der Waals surface area contributed by atoms with Crippen LogP contribution in [0.5, 0.6) is 0 Å². The highest BCUT2D eigenvalue weighted by molar-refractivity contribution is 5.96. The van der Waals surface area contributed by atoms with Gasteiger partial charge in [0.2, 0.25) is 0 Å². The molecule has 5 heteroatoms. The average Bonchev–Trinajstić information content (AvgIpc) is 2.94. The highest BCUT2D eigenvalue weighted by Crippen LogP contribution is 2.25. The van der Waals surface area contributed by atoms with E-state index in [9.17, 15) is 9.18 Å². The van der Waals surface area contributed by atoms with Crippen LogP contribution < -0.4 is 5.32 Å². The molecule has 1 amide bonds. The van der Waals surface area contributed by atoms with Crippen LogP contribution in [0.1, 0.15) is 36.2 Å². The Morgan fingerprint density at radius 3 is 2.76 bits per heavy atom. The van der Waals surface area contributed by atoms with Crippen LogP contribution in [-0.4, -0.2) is 23.7 Å². The molecule has 0 saturated heterocycles. The average molecular weight is 291 g/mol. The molecular formula is C16H18FNO3. The summed E-state index contributed by atoms with van der Waals surface area (Å²) in [5.41, 5.74) is 0.117. The largest absolute Gasteiger partial charge is 0.448 e. The van der Waals surface area contributed by atoms with Crippen LogP contribution in [-0.2, 0) is 0 Å². The molecular weight excluding hydrogens is 273 g/mol. The van der Waals surface area contributed by atoms with E-state index >= 15 is 0 Å². The molecule has 1 aromatic heterocycles. The van der Waals surface area contributed by atoms with Crippen LogP contribution in [0.4, 0.5) is 4.39 Å². The molecule has 0 atom stereocenters. The summed E-state index contributed by atoms with van der Waals surface area (Å²) in [5, 5.41) is 12.6. The maximum absolute atomic E-state index is 13.6. The highest BCUT2D eigenvalue weighted by Gasteiger charge is 2.23. The minimum atomic E-state index is -0.463. The number of carbonyl (C=O) groups is 1. The molecule has 2 N–H and O–H groups in total. The molecule has 1 heterocycles. The maximum Gasteiger partial charge on any atom is 0.287 e. The zero-order valence-electron chi connectivity index (χ0n) is 11.6. The van der Waals surface area contributed by atoms with Gasteiger partial charge in [-0.25, -0.2) is 4.39 Å². The van der Waals surface area contributed by atoms with Gasteiger partial charge in [0.25, 0.3) is 5.91 Å². The Labute approximate surface area is 121 Å². The summed E-state index contributed by atoms with van der Waals surface area (Å²) in [4.78, 5) is 12.2. The Morgan fingerprint density at radius 1 is 1.33 bits per heavy atom. The van der Waals surface area contributed by atoms with Crippen LogP contribution >= 0.6 is 0 Å². The summed E-state index contributed by atoms with van der Waals surface area (Å²) in [6.45, 7) is 0.212. The predicted molar refractivity (Wildman–Crippen MR) is 76.5 cm³/mol. The Kier molecular flexibility index (Phi) is 3.92. The summed E-state index contributed by atoms with van der Waals surface area (Å²) in [6.07, 6.45) is 3.53. The van der Waals surface area contributed by atoms with Crippen molar-refractivity contribution in [2.45, 2.75) is 31.7 Å². The molecule has 112 valence electrons. The van der Waals surface area contributed by atoms with Crippen molar-refractivity contribution in [1.29, 1.82) is 0 Å².